The van der Waals surface area contributed by atoms with Crippen molar-refractivity contribution in [3.05, 3.63) is 0 Å². The van der Waals surface area contributed by atoms with Crippen molar-refractivity contribution in [3.8, 4) is 0 Å². The van der Waals surface area contributed by atoms with Crippen molar-refractivity contribution in [1.82, 2.24) is 0 Å². The summed E-state index contributed by atoms with van der Waals surface area (Å²) in [5.41, 5.74) is 1.11. The molecule has 0 radical (unpaired) electrons. The van der Waals surface area contributed by atoms with Gasteiger partial charge < -0.3 is 0 Å². The second-order valence-corrected chi connectivity index (χ2v) is 22.7. The van der Waals surface area contributed by atoms with Crippen LogP contribution in [-0.4, -0.2) is 0 Å². The minimum Gasteiger partial charge on any atom is -0.0654 e. The van der Waals surface area contributed by atoms with Crippen LogP contribution in [0.15, 0.2) is 0 Å². The molecule has 7 fully saturated rings. The Morgan fingerprint density at radius 1 is 0.588 bits per heavy atom. The summed E-state index contributed by atoms with van der Waals surface area (Å²) in [5.74, 6) is 17.3. The van der Waals surface area contributed by atoms with Crippen molar-refractivity contribution >= 4 is 0 Å². The minimum atomic E-state index is 0.542. The fourth-order valence-corrected chi connectivity index (χ4v) is 18.4. The Morgan fingerprint density at radius 2 is 1.24 bits per heavy atom. The maximum Gasteiger partial charge on any atom is -0.0289 e. The molecule has 17 unspecified atom stereocenters. The van der Waals surface area contributed by atoms with E-state index in [0.717, 1.165) is 101 Å². The highest BCUT2D eigenvalue weighted by atomic mass is 14.7. The molecule has 51 heavy (non-hydrogen) atoms. The van der Waals surface area contributed by atoms with Gasteiger partial charge in [0, 0.05) is 0 Å². The van der Waals surface area contributed by atoms with Gasteiger partial charge in [0.2, 0.25) is 0 Å². The molecule has 0 bridgehead atoms. The zero-order chi connectivity index (χ0) is 36.1. The molecule has 0 amide bonds. The van der Waals surface area contributed by atoms with Crippen LogP contribution in [0.25, 0.3) is 0 Å². The Labute approximate surface area is 320 Å². The summed E-state index contributed by atoms with van der Waals surface area (Å²) in [6, 6.07) is 0. The molecular formula is C51H90. The molecule has 7 saturated carbocycles. The van der Waals surface area contributed by atoms with Crippen LogP contribution < -0.4 is 0 Å². The van der Waals surface area contributed by atoms with Crippen LogP contribution in [0.1, 0.15) is 210 Å². The summed E-state index contributed by atoms with van der Waals surface area (Å²) >= 11 is 0. The highest BCUT2D eigenvalue weighted by molar-refractivity contribution is 5.10. The topological polar surface area (TPSA) is 0 Å². The third-order valence-electron chi connectivity index (χ3n) is 20.3. The summed E-state index contributed by atoms with van der Waals surface area (Å²) in [4.78, 5) is 0. The van der Waals surface area contributed by atoms with Gasteiger partial charge in [0.05, 0.1) is 0 Å². The van der Waals surface area contributed by atoms with Crippen molar-refractivity contribution in [2.75, 3.05) is 0 Å². The highest BCUT2D eigenvalue weighted by Crippen LogP contribution is 2.69. The number of unbranched alkanes of at least 4 members (excludes halogenated alkanes) is 1. The molecule has 0 aromatic carbocycles. The monoisotopic (exact) mass is 703 g/mol. The van der Waals surface area contributed by atoms with E-state index in [0.29, 0.717) is 10.8 Å². The molecular weight excluding hydrogens is 613 g/mol. The summed E-state index contributed by atoms with van der Waals surface area (Å²) in [6.45, 7) is 24.0. The van der Waals surface area contributed by atoms with E-state index in [-0.39, 0.29) is 0 Å². The zero-order valence-electron chi connectivity index (χ0n) is 36.1. The molecule has 0 N–H and O–H groups in total. The Morgan fingerprint density at radius 3 is 1.96 bits per heavy atom. The van der Waals surface area contributed by atoms with Crippen LogP contribution >= 0.6 is 0 Å². The van der Waals surface area contributed by atoms with Gasteiger partial charge in [0.25, 0.3) is 0 Å². The van der Waals surface area contributed by atoms with Crippen molar-refractivity contribution in [3.63, 3.8) is 0 Å². The number of rotatable bonds is 12. The quantitative estimate of drug-likeness (QED) is 0.190. The Balaban J connectivity index is 1.14. The summed E-state index contributed by atoms with van der Waals surface area (Å²) in [6.07, 6.45) is 35.3. The maximum atomic E-state index is 2.83. The third-order valence-corrected chi connectivity index (χ3v) is 20.3. The van der Waals surface area contributed by atoms with Crippen molar-refractivity contribution < 1.29 is 0 Å². The van der Waals surface area contributed by atoms with Crippen LogP contribution in [0.4, 0.5) is 0 Å². The molecule has 7 rings (SSSR count). The van der Waals surface area contributed by atoms with Gasteiger partial charge in [-0.15, -0.1) is 0 Å². The number of fused-ring (bicyclic) bond motifs is 6. The molecule has 0 aromatic rings. The molecule has 7 aliphatic carbocycles. The molecule has 0 saturated heterocycles. The first-order valence-corrected chi connectivity index (χ1v) is 24.6. The van der Waals surface area contributed by atoms with E-state index in [4.69, 9.17) is 0 Å². The molecule has 0 spiro atoms. The first-order valence-electron chi connectivity index (χ1n) is 24.6. The standard InChI is InChI=1S/C51H90/c1-10-14-21-37(35-26-28-41-40(19-11-2)45(13-4)50(6,7)46(41)31-35)39-23-17-18-24-43(39)48(33(5)12-3)36-27-29-42-44-30-25-34-20-15-16-22-38(34)49(44)51(8,9)47(42)32-36/h33-49H,10-32H2,1-9H3. The smallest absolute Gasteiger partial charge is 0.0289 e. The maximum absolute atomic E-state index is 2.83. The van der Waals surface area contributed by atoms with Crippen LogP contribution in [0.5, 0.6) is 0 Å². The molecule has 0 aliphatic heterocycles. The van der Waals surface area contributed by atoms with Crippen LogP contribution in [0, 0.1) is 111 Å². The van der Waals surface area contributed by atoms with Gasteiger partial charge in [0.15, 0.2) is 0 Å². The van der Waals surface area contributed by atoms with E-state index < -0.39 is 0 Å². The van der Waals surface area contributed by atoms with Gasteiger partial charge in [0.1, 0.15) is 0 Å². The number of hydrogen-bond acceptors (Lipinski definition) is 0. The largest absolute Gasteiger partial charge is 0.0654 e. The van der Waals surface area contributed by atoms with E-state index in [1.807, 2.05) is 0 Å². The van der Waals surface area contributed by atoms with Crippen LogP contribution in [-0.2, 0) is 0 Å². The predicted molar refractivity (Wildman–Crippen MR) is 221 cm³/mol. The van der Waals surface area contributed by atoms with Crippen molar-refractivity contribution in [2.45, 2.75) is 210 Å². The lowest BCUT2D eigenvalue weighted by atomic mass is 9.53. The molecule has 17 atom stereocenters. The van der Waals surface area contributed by atoms with Crippen LogP contribution in [0.2, 0.25) is 0 Å². The Kier molecular flexibility index (Phi) is 12.5. The summed E-state index contributed by atoms with van der Waals surface area (Å²) < 4.78 is 0. The Hall–Kier alpha value is 0. The normalized spacial score (nSPS) is 46.3. The lowest BCUT2D eigenvalue weighted by molar-refractivity contribution is -0.0279. The van der Waals surface area contributed by atoms with E-state index in [1.54, 1.807) is 83.5 Å². The van der Waals surface area contributed by atoms with Gasteiger partial charge in [-0.1, -0.05) is 133 Å². The van der Waals surface area contributed by atoms with Gasteiger partial charge in [-0.3, -0.25) is 0 Å². The van der Waals surface area contributed by atoms with Gasteiger partial charge in [-0.05, 0) is 188 Å². The number of hydrogen-bond donors (Lipinski definition) is 0. The molecule has 0 heteroatoms. The molecule has 294 valence electrons. The average Bonchev–Trinajstić information content (AvgIpc) is 3.50. The second-order valence-electron chi connectivity index (χ2n) is 22.7. The summed E-state index contributed by atoms with van der Waals surface area (Å²) in [7, 11) is 0. The van der Waals surface area contributed by atoms with E-state index >= 15 is 0 Å². The summed E-state index contributed by atoms with van der Waals surface area (Å²) in [5, 5.41) is 0. The van der Waals surface area contributed by atoms with Crippen molar-refractivity contribution in [2.24, 2.45) is 111 Å². The van der Waals surface area contributed by atoms with Gasteiger partial charge in [-0.25, -0.2) is 0 Å². The molecule has 0 nitrogen and oxygen atoms in total. The van der Waals surface area contributed by atoms with Crippen LogP contribution in [0.3, 0.4) is 0 Å². The van der Waals surface area contributed by atoms with E-state index in [1.165, 1.54) is 64.2 Å². The lowest BCUT2D eigenvalue weighted by Gasteiger charge is -2.52. The molecule has 0 heterocycles. The first kappa shape index (κ1) is 39.2. The Bertz CT molecular complexity index is 1100. The predicted octanol–water partition coefficient (Wildman–Crippen LogP) is 15.7. The van der Waals surface area contributed by atoms with Gasteiger partial charge >= 0.3 is 0 Å². The molecule has 0 aromatic heterocycles. The zero-order valence-corrected chi connectivity index (χ0v) is 36.1. The first-order chi connectivity index (χ1) is 24.6. The fourth-order valence-electron chi connectivity index (χ4n) is 18.4. The second kappa shape index (κ2) is 16.2. The fraction of sp³-hybridized carbons (Fsp3) is 1.00. The minimum absolute atomic E-state index is 0.542. The average molecular weight is 703 g/mol. The van der Waals surface area contributed by atoms with Gasteiger partial charge in [-0.2, -0.15) is 0 Å². The highest BCUT2D eigenvalue weighted by Gasteiger charge is 2.62. The van der Waals surface area contributed by atoms with E-state index in [9.17, 15) is 0 Å². The lowest BCUT2D eigenvalue weighted by Crippen LogP contribution is -2.44. The third kappa shape index (κ3) is 7.03. The van der Waals surface area contributed by atoms with E-state index in [2.05, 4.69) is 62.3 Å². The SMILES string of the molecule is CCCCC(C1CCC2C(CCC)C(CC)C(C)(C)C2C1)C1CCCCC1C(C(C)CC)C1CCC2C3CCC4CCCCC4C3C(C)(C)C2C1. The van der Waals surface area contributed by atoms with Crippen molar-refractivity contribution in [1.29, 1.82) is 0 Å². The molecule has 7 aliphatic rings.